The number of carboxylic acid groups (broad SMARTS) is 1. The van der Waals surface area contributed by atoms with E-state index in [0.29, 0.717) is 13.0 Å². The van der Waals surface area contributed by atoms with Gasteiger partial charge in [0, 0.05) is 25.6 Å². The van der Waals surface area contributed by atoms with Gasteiger partial charge < -0.3 is 10.0 Å². The minimum absolute atomic E-state index is 0.00178. The number of halogens is 2. The molecule has 1 amide bonds. The van der Waals surface area contributed by atoms with E-state index in [9.17, 15) is 14.0 Å². The summed E-state index contributed by atoms with van der Waals surface area (Å²) in [5, 5.41) is 8.38. The maximum Gasteiger partial charge on any atom is 0.303 e. The largest absolute Gasteiger partial charge is 0.481 e. The molecule has 0 heterocycles. The van der Waals surface area contributed by atoms with Gasteiger partial charge in [0.2, 0.25) is 0 Å². The summed E-state index contributed by atoms with van der Waals surface area (Å²) >= 11 is 5.59. The van der Waals surface area contributed by atoms with E-state index in [1.807, 2.05) is 0 Å². The quantitative estimate of drug-likeness (QED) is 0.896. The van der Waals surface area contributed by atoms with E-state index in [1.165, 1.54) is 17.0 Å². The number of aliphatic carboxylic acids is 1. The second-order valence-electron chi connectivity index (χ2n) is 3.85. The molecule has 0 aliphatic heterocycles. The molecular weight excluding hydrogens is 261 g/mol. The van der Waals surface area contributed by atoms with Crippen LogP contribution in [-0.4, -0.2) is 35.5 Å². The minimum Gasteiger partial charge on any atom is -0.481 e. The van der Waals surface area contributed by atoms with Crippen LogP contribution >= 0.6 is 11.6 Å². The van der Waals surface area contributed by atoms with Crippen LogP contribution in [0.1, 0.15) is 23.2 Å². The lowest BCUT2D eigenvalue weighted by molar-refractivity contribution is -0.137. The molecule has 0 aliphatic carbocycles. The highest BCUT2D eigenvalue weighted by atomic mass is 35.5. The van der Waals surface area contributed by atoms with E-state index < -0.39 is 11.8 Å². The summed E-state index contributed by atoms with van der Waals surface area (Å²) in [6, 6.07) is 3.73. The first-order valence-electron chi connectivity index (χ1n) is 5.34. The Labute approximate surface area is 109 Å². The average molecular weight is 274 g/mol. The molecule has 1 aromatic rings. The smallest absolute Gasteiger partial charge is 0.303 e. The molecule has 4 nitrogen and oxygen atoms in total. The van der Waals surface area contributed by atoms with Crippen molar-refractivity contribution in [1.29, 1.82) is 0 Å². The number of carbonyl (C=O) groups is 2. The van der Waals surface area contributed by atoms with Crippen molar-refractivity contribution in [3.63, 3.8) is 0 Å². The van der Waals surface area contributed by atoms with Crippen molar-refractivity contribution in [2.75, 3.05) is 13.6 Å². The predicted octanol–water partition coefficient (Wildman–Crippen LogP) is 2.42. The van der Waals surface area contributed by atoms with E-state index in [4.69, 9.17) is 16.7 Å². The third kappa shape index (κ3) is 4.00. The van der Waals surface area contributed by atoms with Crippen molar-refractivity contribution >= 4 is 23.5 Å². The van der Waals surface area contributed by atoms with Crippen molar-refractivity contribution in [2.24, 2.45) is 0 Å². The molecular formula is C12H13ClFNO3. The van der Waals surface area contributed by atoms with Gasteiger partial charge in [0.1, 0.15) is 5.82 Å². The number of amides is 1. The number of carboxylic acids is 1. The molecule has 0 bridgehead atoms. The van der Waals surface area contributed by atoms with E-state index in [2.05, 4.69) is 0 Å². The van der Waals surface area contributed by atoms with Gasteiger partial charge in [-0.1, -0.05) is 11.6 Å². The monoisotopic (exact) mass is 273 g/mol. The molecule has 0 saturated heterocycles. The molecule has 0 aromatic heterocycles. The Morgan fingerprint density at radius 2 is 2.11 bits per heavy atom. The zero-order valence-electron chi connectivity index (χ0n) is 9.82. The Hall–Kier alpha value is -1.62. The van der Waals surface area contributed by atoms with Crippen LogP contribution < -0.4 is 0 Å². The van der Waals surface area contributed by atoms with Gasteiger partial charge in [0.25, 0.3) is 5.91 Å². The fourth-order valence-corrected chi connectivity index (χ4v) is 1.60. The SMILES string of the molecule is CN(CCCC(=O)O)C(=O)c1ccc(F)c(Cl)c1. The van der Waals surface area contributed by atoms with Crippen LogP contribution in [0.25, 0.3) is 0 Å². The summed E-state index contributed by atoms with van der Waals surface area (Å²) in [4.78, 5) is 23.6. The van der Waals surface area contributed by atoms with Gasteiger partial charge in [0.05, 0.1) is 5.02 Å². The van der Waals surface area contributed by atoms with Crippen LogP contribution in [0.2, 0.25) is 5.02 Å². The Morgan fingerprint density at radius 3 is 2.67 bits per heavy atom. The second-order valence-corrected chi connectivity index (χ2v) is 4.26. The molecule has 18 heavy (non-hydrogen) atoms. The zero-order chi connectivity index (χ0) is 13.7. The van der Waals surface area contributed by atoms with Crippen LogP contribution in [0.5, 0.6) is 0 Å². The van der Waals surface area contributed by atoms with Crippen molar-refractivity contribution < 1.29 is 19.1 Å². The van der Waals surface area contributed by atoms with Gasteiger partial charge in [-0.25, -0.2) is 4.39 Å². The van der Waals surface area contributed by atoms with Crippen LogP contribution in [0.4, 0.5) is 4.39 Å². The molecule has 0 saturated carbocycles. The van der Waals surface area contributed by atoms with Crippen molar-refractivity contribution in [3.8, 4) is 0 Å². The number of hydrogen-bond acceptors (Lipinski definition) is 2. The van der Waals surface area contributed by atoms with E-state index in [0.717, 1.165) is 6.07 Å². The molecule has 0 spiro atoms. The Kier molecular flexibility index (Phi) is 5.09. The second kappa shape index (κ2) is 6.35. The molecule has 0 atom stereocenters. The van der Waals surface area contributed by atoms with Gasteiger partial charge in [-0.3, -0.25) is 9.59 Å². The van der Waals surface area contributed by atoms with Gasteiger partial charge >= 0.3 is 5.97 Å². The van der Waals surface area contributed by atoms with Crippen LogP contribution in [0.3, 0.4) is 0 Å². The number of nitrogens with zero attached hydrogens (tertiary/aromatic N) is 1. The maximum atomic E-state index is 12.9. The number of hydrogen-bond donors (Lipinski definition) is 1. The minimum atomic E-state index is -0.902. The molecule has 0 radical (unpaired) electrons. The normalized spacial score (nSPS) is 10.2. The van der Waals surface area contributed by atoms with Crippen molar-refractivity contribution in [2.45, 2.75) is 12.8 Å². The standard InChI is InChI=1S/C12H13ClFNO3/c1-15(6-2-3-11(16)17)12(18)8-4-5-10(14)9(13)7-8/h4-5,7H,2-3,6H2,1H3,(H,16,17). The van der Waals surface area contributed by atoms with Gasteiger partial charge in [0.15, 0.2) is 0 Å². The summed E-state index contributed by atoms with van der Waals surface area (Å²) in [5.74, 6) is -1.80. The Bertz CT molecular complexity index is 465. The van der Waals surface area contributed by atoms with E-state index in [1.54, 1.807) is 7.05 Å². The van der Waals surface area contributed by atoms with Crippen LogP contribution in [-0.2, 0) is 4.79 Å². The first-order chi connectivity index (χ1) is 8.41. The average Bonchev–Trinajstić information content (AvgIpc) is 2.31. The lowest BCUT2D eigenvalue weighted by atomic mass is 10.2. The first kappa shape index (κ1) is 14.4. The lowest BCUT2D eigenvalue weighted by Gasteiger charge is -2.16. The highest BCUT2D eigenvalue weighted by Crippen LogP contribution is 2.17. The molecule has 0 unspecified atom stereocenters. The Morgan fingerprint density at radius 1 is 1.44 bits per heavy atom. The lowest BCUT2D eigenvalue weighted by Crippen LogP contribution is -2.28. The summed E-state index contributed by atoms with van der Waals surface area (Å²) in [7, 11) is 1.56. The summed E-state index contributed by atoms with van der Waals surface area (Å²) < 4.78 is 12.9. The third-order valence-corrected chi connectivity index (χ3v) is 2.69. The third-order valence-electron chi connectivity index (χ3n) is 2.40. The topological polar surface area (TPSA) is 57.6 Å². The number of rotatable bonds is 5. The Balaban J connectivity index is 2.62. The molecule has 0 fully saturated rings. The van der Waals surface area contributed by atoms with Gasteiger partial charge in [-0.05, 0) is 24.6 Å². The molecule has 1 rings (SSSR count). The highest BCUT2D eigenvalue weighted by Gasteiger charge is 2.13. The maximum absolute atomic E-state index is 12.9. The van der Waals surface area contributed by atoms with E-state index >= 15 is 0 Å². The first-order valence-corrected chi connectivity index (χ1v) is 5.72. The van der Waals surface area contributed by atoms with Crippen LogP contribution in [0, 0.1) is 5.82 Å². The zero-order valence-corrected chi connectivity index (χ0v) is 10.6. The summed E-state index contributed by atoms with van der Waals surface area (Å²) in [5.41, 5.74) is 0.277. The summed E-state index contributed by atoms with van der Waals surface area (Å²) in [6.45, 7) is 0.320. The van der Waals surface area contributed by atoms with Crippen LogP contribution in [0.15, 0.2) is 18.2 Å². The van der Waals surface area contributed by atoms with Crippen molar-refractivity contribution in [3.05, 3.63) is 34.6 Å². The van der Waals surface area contributed by atoms with Gasteiger partial charge in [-0.15, -0.1) is 0 Å². The highest BCUT2D eigenvalue weighted by molar-refractivity contribution is 6.31. The molecule has 6 heteroatoms. The van der Waals surface area contributed by atoms with Gasteiger partial charge in [-0.2, -0.15) is 0 Å². The molecule has 98 valence electrons. The fraction of sp³-hybridized carbons (Fsp3) is 0.333. The molecule has 1 N–H and O–H groups in total. The van der Waals surface area contributed by atoms with E-state index in [-0.39, 0.29) is 22.9 Å². The number of benzene rings is 1. The van der Waals surface area contributed by atoms with Crippen molar-refractivity contribution in [1.82, 2.24) is 4.90 Å². The number of carbonyl (C=O) groups excluding carboxylic acids is 1. The molecule has 0 aliphatic rings. The predicted molar refractivity (Wildman–Crippen MR) is 65.2 cm³/mol. The fourth-order valence-electron chi connectivity index (χ4n) is 1.42. The summed E-state index contributed by atoms with van der Waals surface area (Å²) in [6.07, 6.45) is 0.369. The molecule has 1 aromatic carbocycles.